The molecule has 0 atom stereocenters. The van der Waals surface area contributed by atoms with Crippen LogP contribution in [0.1, 0.15) is 12.7 Å². The van der Waals surface area contributed by atoms with Crippen molar-refractivity contribution in [2.45, 2.75) is 29.6 Å². The third-order valence-corrected chi connectivity index (χ3v) is 6.62. The van der Waals surface area contributed by atoms with Crippen molar-refractivity contribution in [3.05, 3.63) is 41.4 Å². The number of benzene rings is 1. The first-order valence-corrected chi connectivity index (χ1v) is 10.6. The molecule has 0 unspecified atom stereocenters. The largest absolute Gasteiger partial charge is 0.342 e. The Morgan fingerprint density at radius 2 is 1.62 bits per heavy atom. The van der Waals surface area contributed by atoms with Gasteiger partial charge in [0.15, 0.2) is 11.6 Å². The van der Waals surface area contributed by atoms with Gasteiger partial charge < -0.3 is 4.90 Å². The second kappa shape index (κ2) is 6.94. The van der Waals surface area contributed by atoms with Crippen LogP contribution in [0.5, 0.6) is 0 Å². The van der Waals surface area contributed by atoms with Gasteiger partial charge in [0.05, 0.1) is 41.4 Å². The molecule has 1 fully saturated rings. The highest BCUT2D eigenvalue weighted by Gasteiger charge is 2.63. The van der Waals surface area contributed by atoms with Crippen molar-refractivity contribution in [3.8, 4) is 0 Å². The quantitative estimate of drug-likeness (QED) is 0.506. The van der Waals surface area contributed by atoms with Gasteiger partial charge in [0.25, 0.3) is 10.0 Å². The molecule has 3 heterocycles. The van der Waals surface area contributed by atoms with Crippen LogP contribution < -0.4 is 4.90 Å². The number of halogens is 7. The number of hydrogen-bond donors (Lipinski definition) is 0. The lowest BCUT2D eigenvalue weighted by molar-refractivity contribution is -0.172. The lowest BCUT2D eigenvalue weighted by Crippen LogP contribution is -2.38. The zero-order chi connectivity index (χ0) is 23.7. The molecule has 0 aliphatic carbocycles. The van der Waals surface area contributed by atoms with E-state index in [9.17, 15) is 34.8 Å². The van der Waals surface area contributed by atoms with Crippen molar-refractivity contribution in [1.82, 2.24) is 19.2 Å². The summed E-state index contributed by atoms with van der Waals surface area (Å²) < 4.78 is 108. The molecule has 0 amide bonds. The molecular formula is C17H12ClF6N5O2S. The summed E-state index contributed by atoms with van der Waals surface area (Å²) in [5.74, 6) is -13.6. The van der Waals surface area contributed by atoms with E-state index in [4.69, 9.17) is 11.6 Å². The van der Waals surface area contributed by atoms with Gasteiger partial charge in [-0.05, 0) is 12.1 Å². The average Bonchev–Trinajstić information content (AvgIpc) is 3.17. The molecule has 1 aromatic carbocycles. The van der Waals surface area contributed by atoms with Crippen molar-refractivity contribution < 1.29 is 34.8 Å². The van der Waals surface area contributed by atoms with Crippen molar-refractivity contribution >= 4 is 38.3 Å². The average molecular weight is 500 g/mol. The number of hydrogen-bond acceptors (Lipinski definition) is 6. The number of rotatable bonds is 4. The monoisotopic (exact) mass is 499 g/mol. The first-order chi connectivity index (χ1) is 14.6. The van der Waals surface area contributed by atoms with E-state index in [2.05, 4.69) is 15.1 Å². The predicted molar refractivity (Wildman–Crippen MR) is 101 cm³/mol. The fourth-order valence-corrected chi connectivity index (χ4v) is 4.60. The minimum atomic E-state index is -4.64. The van der Waals surface area contributed by atoms with Crippen LogP contribution >= 0.6 is 11.6 Å². The Kier molecular flexibility index (Phi) is 4.90. The molecule has 3 aromatic rings. The van der Waals surface area contributed by atoms with Crippen LogP contribution in [0.25, 0.3) is 10.9 Å². The summed E-state index contributed by atoms with van der Waals surface area (Å²) in [6, 6.07) is 3.88. The highest BCUT2D eigenvalue weighted by Crippen LogP contribution is 2.45. The molecule has 1 saturated heterocycles. The maximum atomic E-state index is 13.7. The SMILES string of the molecule is CC(F)(F)c1ncc(S(=O)(=O)n2nc(N3CC(F)(F)C(F)(F)C3)c3c(Cl)cccc32)cn1. The number of aromatic nitrogens is 4. The number of anilines is 1. The van der Waals surface area contributed by atoms with E-state index in [0.717, 1.165) is 0 Å². The molecule has 7 nitrogen and oxygen atoms in total. The second-order valence-electron chi connectivity index (χ2n) is 7.20. The Morgan fingerprint density at radius 3 is 2.16 bits per heavy atom. The third kappa shape index (κ3) is 3.45. The van der Waals surface area contributed by atoms with Crippen molar-refractivity contribution in [2.75, 3.05) is 18.0 Å². The van der Waals surface area contributed by atoms with Crippen molar-refractivity contribution in [3.63, 3.8) is 0 Å². The van der Waals surface area contributed by atoms with Crippen LogP contribution in [-0.2, 0) is 15.9 Å². The summed E-state index contributed by atoms with van der Waals surface area (Å²) in [6.45, 7) is -2.31. The van der Waals surface area contributed by atoms with Crippen LogP contribution in [0, 0.1) is 0 Å². The molecule has 172 valence electrons. The van der Waals surface area contributed by atoms with Crippen LogP contribution in [0.2, 0.25) is 5.02 Å². The summed E-state index contributed by atoms with van der Waals surface area (Å²) in [5, 5.41) is 3.52. The van der Waals surface area contributed by atoms with Gasteiger partial charge in [0.1, 0.15) is 4.90 Å². The summed E-state index contributed by atoms with van der Waals surface area (Å²) in [5.41, 5.74) is -0.198. The van der Waals surface area contributed by atoms with Crippen LogP contribution in [0.4, 0.5) is 32.2 Å². The van der Waals surface area contributed by atoms with E-state index < -0.39 is 57.4 Å². The Bertz CT molecular complexity index is 1290. The molecular weight excluding hydrogens is 488 g/mol. The lowest BCUT2D eigenvalue weighted by Gasteiger charge is -2.14. The smallest absolute Gasteiger partial charge is 0.329 e. The van der Waals surface area contributed by atoms with Gasteiger partial charge >= 0.3 is 17.8 Å². The van der Waals surface area contributed by atoms with E-state index >= 15 is 0 Å². The highest BCUT2D eigenvalue weighted by atomic mass is 35.5. The Labute approximate surface area is 181 Å². The molecule has 1 aliphatic rings. The molecule has 0 radical (unpaired) electrons. The first-order valence-electron chi connectivity index (χ1n) is 8.79. The fraction of sp³-hybridized carbons (Fsp3) is 0.353. The van der Waals surface area contributed by atoms with E-state index in [-0.39, 0.29) is 15.9 Å². The van der Waals surface area contributed by atoms with Crippen molar-refractivity contribution in [1.29, 1.82) is 0 Å². The zero-order valence-electron chi connectivity index (χ0n) is 15.9. The van der Waals surface area contributed by atoms with Gasteiger partial charge in [0.2, 0.25) is 0 Å². The molecule has 1 aliphatic heterocycles. The molecule has 15 heteroatoms. The van der Waals surface area contributed by atoms with Gasteiger partial charge in [0, 0.05) is 6.92 Å². The maximum absolute atomic E-state index is 13.7. The Hall–Kier alpha value is -2.61. The van der Waals surface area contributed by atoms with Crippen LogP contribution in [0.15, 0.2) is 35.5 Å². The van der Waals surface area contributed by atoms with E-state index in [0.29, 0.717) is 28.3 Å². The van der Waals surface area contributed by atoms with Gasteiger partial charge in [-0.1, -0.05) is 17.7 Å². The summed E-state index contributed by atoms with van der Waals surface area (Å²) in [7, 11) is -4.64. The zero-order valence-corrected chi connectivity index (χ0v) is 17.5. The predicted octanol–water partition coefficient (Wildman–Crippen LogP) is 3.92. The maximum Gasteiger partial charge on any atom is 0.329 e. The van der Waals surface area contributed by atoms with Gasteiger partial charge in [-0.2, -0.15) is 38.8 Å². The van der Waals surface area contributed by atoms with E-state index in [1.165, 1.54) is 18.2 Å². The van der Waals surface area contributed by atoms with E-state index in [1.807, 2.05) is 0 Å². The first kappa shape index (κ1) is 22.6. The Morgan fingerprint density at radius 1 is 1.06 bits per heavy atom. The van der Waals surface area contributed by atoms with E-state index in [1.54, 1.807) is 0 Å². The van der Waals surface area contributed by atoms with Crippen LogP contribution in [-0.4, -0.2) is 52.5 Å². The number of alkyl halides is 6. The molecule has 0 bridgehead atoms. The fourth-order valence-electron chi connectivity index (χ4n) is 3.18. The standard InChI is InChI=1S/C17H12ClF6N5O2S/c1-15(19,20)14-25-5-9(6-26-14)32(30,31)29-11-4-2-3-10(18)12(11)13(27-29)28-7-16(21,22)17(23,24)8-28/h2-6H,7-8H2,1H3. The molecule has 4 rings (SSSR count). The molecule has 0 N–H and O–H groups in total. The van der Waals surface area contributed by atoms with Crippen molar-refractivity contribution in [2.24, 2.45) is 0 Å². The summed E-state index contributed by atoms with van der Waals surface area (Å²) in [4.78, 5) is 6.59. The number of nitrogens with zero attached hydrogens (tertiary/aromatic N) is 5. The second-order valence-corrected chi connectivity index (χ2v) is 9.38. The Balaban J connectivity index is 1.87. The summed E-state index contributed by atoms with van der Waals surface area (Å²) in [6.07, 6.45) is 1.26. The minimum Gasteiger partial charge on any atom is -0.342 e. The third-order valence-electron chi connectivity index (χ3n) is 4.77. The molecule has 0 saturated carbocycles. The molecule has 32 heavy (non-hydrogen) atoms. The topological polar surface area (TPSA) is 81.0 Å². The molecule has 2 aromatic heterocycles. The van der Waals surface area contributed by atoms with Gasteiger partial charge in [-0.3, -0.25) is 0 Å². The van der Waals surface area contributed by atoms with Gasteiger partial charge in [-0.15, -0.1) is 5.10 Å². The normalized spacial score (nSPS) is 18.4. The summed E-state index contributed by atoms with van der Waals surface area (Å²) >= 11 is 6.11. The minimum absolute atomic E-state index is 0.116. The van der Waals surface area contributed by atoms with Crippen LogP contribution in [0.3, 0.4) is 0 Å². The number of fused-ring (bicyclic) bond motifs is 1. The lowest BCUT2D eigenvalue weighted by atomic mass is 10.2. The highest BCUT2D eigenvalue weighted by molar-refractivity contribution is 7.90. The van der Waals surface area contributed by atoms with Gasteiger partial charge in [-0.25, -0.2) is 9.97 Å². The molecule has 0 spiro atoms.